The van der Waals surface area contributed by atoms with E-state index in [1.54, 1.807) is 18.5 Å². The number of nitrogens with zero attached hydrogens (tertiary/aromatic N) is 4. The van der Waals surface area contributed by atoms with Crippen LogP contribution in [0.1, 0.15) is 16.2 Å². The van der Waals surface area contributed by atoms with Crippen LogP contribution in [0.4, 0.5) is 0 Å². The maximum atomic E-state index is 11.8. The average molecular weight is 398 g/mol. The Bertz CT molecular complexity index is 1390. The fourth-order valence-electron chi connectivity index (χ4n) is 3.59. The molecule has 0 saturated carbocycles. The van der Waals surface area contributed by atoms with Crippen LogP contribution < -0.4 is 10.5 Å². The largest absolute Gasteiger partial charge is 0.487 e. The van der Waals surface area contributed by atoms with Crippen molar-refractivity contribution in [2.45, 2.75) is 6.61 Å². The summed E-state index contributed by atoms with van der Waals surface area (Å²) in [5.74, 6) is 0.139. The molecule has 5 rings (SSSR count). The Morgan fingerprint density at radius 3 is 2.87 bits per heavy atom. The molecule has 0 bridgehead atoms. The molecule has 0 radical (unpaired) electrons. The SMILES string of the molecule is Cn1cc(-c2cc(C(N)=O)nc3[nH]ncc23)c2cc(OCc3ccccn3)ccc21. The van der Waals surface area contributed by atoms with Gasteiger partial charge in [-0.25, -0.2) is 4.98 Å². The first-order valence-electron chi connectivity index (χ1n) is 9.36. The molecule has 0 aliphatic heterocycles. The smallest absolute Gasteiger partial charge is 0.267 e. The first kappa shape index (κ1) is 17.9. The quantitative estimate of drug-likeness (QED) is 0.472. The molecule has 0 aliphatic rings. The van der Waals surface area contributed by atoms with E-state index >= 15 is 0 Å². The summed E-state index contributed by atoms with van der Waals surface area (Å²) in [7, 11) is 1.98. The van der Waals surface area contributed by atoms with Crippen LogP contribution >= 0.6 is 0 Å². The summed E-state index contributed by atoms with van der Waals surface area (Å²) >= 11 is 0. The van der Waals surface area contributed by atoms with Gasteiger partial charge in [-0.15, -0.1) is 0 Å². The molecule has 1 amide bonds. The van der Waals surface area contributed by atoms with Crippen molar-refractivity contribution in [2.75, 3.05) is 0 Å². The lowest BCUT2D eigenvalue weighted by Gasteiger charge is -2.08. The van der Waals surface area contributed by atoms with Crippen molar-refractivity contribution in [3.05, 3.63) is 72.4 Å². The fraction of sp³-hybridized carbons (Fsp3) is 0.0909. The van der Waals surface area contributed by atoms with Crippen LogP contribution in [0.3, 0.4) is 0 Å². The van der Waals surface area contributed by atoms with Crippen LogP contribution in [0.5, 0.6) is 5.75 Å². The van der Waals surface area contributed by atoms with E-state index < -0.39 is 5.91 Å². The molecule has 3 N–H and O–H groups in total. The molecule has 4 aromatic heterocycles. The topological polar surface area (TPSA) is 112 Å². The van der Waals surface area contributed by atoms with Gasteiger partial charge in [0.25, 0.3) is 5.91 Å². The number of hydrogen-bond donors (Lipinski definition) is 2. The monoisotopic (exact) mass is 398 g/mol. The number of amides is 1. The Labute approximate surface area is 171 Å². The lowest BCUT2D eigenvalue weighted by Crippen LogP contribution is -2.13. The summed E-state index contributed by atoms with van der Waals surface area (Å²) in [5.41, 5.74) is 9.84. The van der Waals surface area contributed by atoms with Crippen LogP contribution in [0, 0.1) is 0 Å². The van der Waals surface area contributed by atoms with Gasteiger partial charge in [-0.2, -0.15) is 5.10 Å². The Balaban J connectivity index is 1.62. The van der Waals surface area contributed by atoms with Gasteiger partial charge < -0.3 is 15.0 Å². The number of ether oxygens (including phenoxy) is 1. The highest BCUT2D eigenvalue weighted by atomic mass is 16.5. The first-order chi connectivity index (χ1) is 14.6. The second-order valence-electron chi connectivity index (χ2n) is 6.99. The van der Waals surface area contributed by atoms with Gasteiger partial charge >= 0.3 is 0 Å². The number of benzene rings is 1. The van der Waals surface area contributed by atoms with Gasteiger partial charge in [-0.05, 0) is 42.0 Å². The minimum atomic E-state index is -0.590. The number of rotatable bonds is 5. The van der Waals surface area contributed by atoms with Gasteiger partial charge in [0.1, 0.15) is 18.1 Å². The molecule has 0 aliphatic carbocycles. The second kappa shape index (κ2) is 7.00. The van der Waals surface area contributed by atoms with E-state index in [2.05, 4.69) is 20.2 Å². The third-order valence-corrected chi connectivity index (χ3v) is 5.04. The van der Waals surface area contributed by atoms with E-state index in [1.165, 1.54) is 0 Å². The summed E-state index contributed by atoms with van der Waals surface area (Å²) in [6.07, 6.45) is 5.45. The Kier molecular flexibility index (Phi) is 4.17. The average Bonchev–Trinajstić information content (AvgIpc) is 3.36. The van der Waals surface area contributed by atoms with Crippen molar-refractivity contribution in [2.24, 2.45) is 12.8 Å². The van der Waals surface area contributed by atoms with Gasteiger partial charge in [-0.1, -0.05) is 6.07 Å². The summed E-state index contributed by atoms with van der Waals surface area (Å²) in [4.78, 5) is 20.3. The first-order valence-corrected chi connectivity index (χ1v) is 9.36. The van der Waals surface area contributed by atoms with E-state index in [4.69, 9.17) is 10.5 Å². The molecule has 0 atom stereocenters. The maximum absolute atomic E-state index is 11.8. The molecule has 0 fully saturated rings. The van der Waals surface area contributed by atoms with Crippen LogP contribution in [0.25, 0.3) is 33.1 Å². The van der Waals surface area contributed by atoms with Crippen molar-refractivity contribution in [1.29, 1.82) is 0 Å². The van der Waals surface area contributed by atoms with E-state index in [0.29, 0.717) is 12.3 Å². The standard InChI is InChI=1S/C22H18N6O2/c1-28-11-18(15-9-19(21(23)29)26-22-17(15)10-25-27-22)16-8-14(5-6-20(16)28)30-12-13-4-2-3-7-24-13/h2-11H,12H2,1H3,(H2,23,29)(H,25,26,27). The Hall–Kier alpha value is -4.20. The highest BCUT2D eigenvalue weighted by molar-refractivity contribution is 6.06. The van der Waals surface area contributed by atoms with Crippen LogP contribution in [0.15, 0.2) is 61.1 Å². The van der Waals surface area contributed by atoms with E-state index in [1.807, 2.05) is 54.2 Å². The van der Waals surface area contributed by atoms with Crippen molar-refractivity contribution >= 4 is 27.8 Å². The highest BCUT2D eigenvalue weighted by Crippen LogP contribution is 2.36. The van der Waals surface area contributed by atoms with Crippen LogP contribution in [-0.2, 0) is 13.7 Å². The normalized spacial score (nSPS) is 11.2. The minimum absolute atomic E-state index is 0.182. The number of nitrogens with two attached hydrogens (primary N) is 1. The predicted molar refractivity (Wildman–Crippen MR) is 113 cm³/mol. The molecule has 0 spiro atoms. The maximum Gasteiger partial charge on any atom is 0.267 e. The van der Waals surface area contributed by atoms with Gasteiger partial charge in [0.2, 0.25) is 0 Å². The Morgan fingerprint density at radius 2 is 2.07 bits per heavy atom. The number of aromatic amines is 1. The third-order valence-electron chi connectivity index (χ3n) is 5.04. The molecule has 4 heterocycles. The number of H-pyrrole nitrogens is 1. The summed E-state index contributed by atoms with van der Waals surface area (Å²) in [5, 5.41) is 8.70. The number of aryl methyl sites for hydroxylation is 1. The molecule has 1 aromatic carbocycles. The van der Waals surface area contributed by atoms with Crippen molar-refractivity contribution in [3.8, 4) is 16.9 Å². The fourth-order valence-corrected chi connectivity index (χ4v) is 3.59. The zero-order valence-electron chi connectivity index (χ0n) is 16.2. The molecule has 5 aromatic rings. The number of fused-ring (bicyclic) bond motifs is 2. The van der Waals surface area contributed by atoms with E-state index in [-0.39, 0.29) is 5.69 Å². The molecular formula is C22H18N6O2. The summed E-state index contributed by atoms with van der Waals surface area (Å²) in [6.45, 7) is 0.377. The predicted octanol–water partition coefficient (Wildman–Crippen LogP) is 3.19. The molecule has 8 nitrogen and oxygen atoms in total. The Morgan fingerprint density at radius 1 is 1.17 bits per heavy atom. The van der Waals surface area contributed by atoms with Crippen LogP contribution in [-0.4, -0.2) is 30.6 Å². The zero-order chi connectivity index (χ0) is 20.7. The van der Waals surface area contributed by atoms with Gasteiger partial charge in [0.15, 0.2) is 5.65 Å². The van der Waals surface area contributed by atoms with Crippen molar-refractivity contribution in [1.82, 2.24) is 24.7 Å². The zero-order valence-corrected chi connectivity index (χ0v) is 16.2. The number of carbonyl (C=O) groups excluding carboxylic acids is 1. The van der Waals surface area contributed by atoms with Crippen LogP contribution in [0.2, 0.25) is 0 Å². The molecule has 0 unspecified atom stereocenters. The molecular weight excluding hydrogens is 380 g/mol. The lowest BCUT2D eigenvalue weighted by atomic mass is 10.0. The highest BCUT2D eigenvalue weighted by Gasteiger charge is 2.17. The molecule has 8 heteroatoms. The summed E-state index contributed by atoms with van der Waals surface area (Å²) in [6, 6.07) is 13.4. The number of nitrogens with one attached hydrogen (secondary N) is 1. The number of hydrogen-bond acceptors (Lipinski definition) is 5. The number of pyridine rings is 2. The lowest BCUT2D eigenvalue weighted by molar-refractivity contribution is 0.0996. The third kappa shape index (κ3) is 3.04. The molecule has 0 saturated heterocycles. The van der Waals surface area contributed by atoms with E-state index in [0.717, 1.165) is 38.9 Å². The molecule has 30 heavy (non-hydrogen) atoms. The minimum Gasteiger partial charge on any atom is -0.487 e. The van der Waals surface area contributed by atoms with Gasteiger partial charge in [0, 0.05) is 41.3 Å². The van der Waals surface area contributed by atoms with E-state index in [9.17, 15) is 4.79 Å². The van der Waals surface area contributed by atoms with Crippen molar-refractivity contribution < 1.29 is 9.53 Å². The number of aromatic nitrogens is 5. The molecule has 148 valence electrons. The van der Waals surface area contributed by atoms with Gasteiger partial charge in [-0.3, -0.25) is 14.9 Å². The second-order valence-corrected chi connectivity index (χ2v) is 6.99. The summed E-state index contributed by atoms with van der Waals surface area (Å²) < 4.78 is 7.99. The number of primary amides is 1. The van der Waals surface area contributed by atoms with Gasteiger partial charge in [0.05, 0.1) is 11.9 Å². The van der Waals surface area contributed by atoms with Crippen molar-refractivity contribution in [3.63, 3.8) is 0 Å². The number of carbonyl (C=O) groups is 1.